The van der Waals surface area contributed by atoms with Gasteiger partial charge in [-0.25, -0.2) is 14.4 Å². The summed E-state index contributed by atoms with van der Waals surface area (Å²) in [7, 11) is 0. The lowest BCUT2D eigenvalue weighted by Gasteiger charge is -2.21. The smallest absolute Gasteiger partial charge is 0.444 e. The highest BCUT2D eigenvalue weighted by Gasteiger charge is 2.24. The first-order chi connectivity index (χ1) is 14.1. The standard InChI is InChI=1S/C10H18O5.C8H17NO3.C3H9NO/c1-9(2,3)14-7(11)13-8(12)15-10(4,5)6;1-6(5-10)9-7(11)12-8(2,3)4;1-3(4)2-5/h1-6H3;6,10H,5H2,1-4H3,(H,9,11);3,5H,2,4H2,1H3/t;6-;3-/m.00/s1. The molecule has 0 aliphatic rings. The number of nitrogens with one attached hydrogen (secondary N) is 1. The van der Waals surface area contributed by atoms with Crippen LogP contribution >= 0.6 is 0 Å². The van der Waals surface area contributed by atoms with Gasteiger partial charge in [0.1, 0.15) is 16.8 Å². The van der Waals surface area contributed by atoms with Crippen molar-refractivity contribution in [3.05, 3.63) is 0 Å². The zero-order chi connectivity index (χ0) is 26.3. The first kappa shape index (κ1) is 34.5. The topological polar surface area (TPSA) is 167 Å². The molecule has 0 spiro atoms. The number of aliphatic hydroxyl groups excluding tert-OH is 2. The van der Waals surface area contributed by atoms with Crippen molar-refractivity contribution in [2.75, 3.05) is 13.2 Å². The fraction of sp³-hybridized carbons (Fsp3) is 0.857. The molecule has 0 unspecified atom stereocenters. The van der Waals surface area contributed by atoms with E-state index in [4.69, 9.17) is 30.2 Å². The average molecular weight is 469 g/mol. The molecule has 0 aromatic heterocycles. The van der Waals surface area contributed by atoms with E-state index in [-0.39, 0.29) is 25.3 Å². The second kappa shape index (κ2) is 15.7. The molecule has 11 nitrogen and oxygen atoms in total. The molecule has 2 atom stereocenters. The second-order valence-corrected chi connectivity index (χ2v) is 9.92. The highest BCUT2D eigenvalue weighted by atomic mass is 16.8. The zero-order valence-corrected chi connectivity index (χ0v) is 21.4. The largest absolute Gasteiger partial charge is 0.519 e. The molecule has 192 valence electrons. The summed E-state index contributed by atoms with van der Waals surface area (Å²) >= 11 is 0. The van der Waals surface area contributed by atoms with E-state index in [1.54, 1.807) is 76.2 Å². The quantitative estimate of drug-likeness (QED) is 0.274. The van der Waals surface area contributed by atoms with Crippen LogP contribution in [0.3, 0.4) is 0 Å². The first-order valence-corrected chi connectivity index (χ1v) is 10.2. The average Bonchev–Trinajstić information content (AvgIpc) is 2.49. The van der Waals surface area contributed by atoms with Gasteiger partial charge in [0.25, 0.3) is 0 Å². The maximum atomic E-state index is 11.0. The van der Waals surface area contributed by atoms with Crippen LogP contribution in [0.25, 0.3) is 0 Å². The molecular weight excluding hydrogens is 424 g/mol. The van der Waals surface area contributed by atoms with Crippen LogP contribution in [0.4, 0.5) is 14.4 Å². The lowest BCUT2D eigenvalue weighted by Crippen LogP contribution is -2.39. The number of rotatable bonds is 3. The molecule has 0 saturated heterocycles. The molecule has 0 aromatic rings. The Balaban J connectivity index is -0.000000441. The van der Waals surface area contributed by atoms with Crippen LogP contribution in [0.2, 0.25) is 0 Å². The number of nitrogens with two attached hydrogens (primary N) is 1. The summed E-state index contributed by atoms with van der Waals surface area (Å²) in [6.07, 6.45) is -2.61. The van der Waals surface area contributed by atoms with Crippen molar-refractivity contribution < 1.29 is 43.5 Å². The van der Waals surface area contributed by atoms with E-state index in [0.29, 0.717) is 0 Å². The van der Waals surface area contributed by atoms with Gasteiger partial charge >= 0.3 is 18.4 Å². The van der Waals surface area contributed by atoms with Crippen LogP contribution in [0.5, 0.6) is 0 Å². The van der Waals surface area contributed by atoms with E-state index < -0.39 is 35.2 Å². The Bertz CT molecular complexity index is 519. The fourth-order valence-corrected chi connectivity index (χ4v) is 1.16. The van der Waals surface area contributed by atoms with E-state index in [1.165, 1.54) is 0 Å². The fourth-order valence-electron chi connectivity index (χ4n) is 1.16. The number of ether oxygens (including phenoxy) is 4. The van der Waals surface area contributed by atoms with E-state index in [0.717, 1.165) is 0 Å². The molecule has 0 aliphatic heterocycles. The number of amides is 1. The van der Waals surface area contributed by atoms with Gasteiger partial charge in [0.05, 0.1) is 19.3 Å². The number of carbonyl (C=O) groups is 3. The van der Waals surface area contributed by atoms with Crippen LogP contribution in [0.1, 0.15) is 76.2 Å². The maximum Gasteiger partial charge on any atom is 0.519 e. The number of carbonyl (C=O) groups excluding carboxylic acids is 3. The number of hydrogen-bond acceptors (Lipinski definition) is 10. The predicted molar refractivity (Wildman–Crippen MR) is 120 cm³/mol. The molecule has 0 aromatic carbocycles. The molecule has 1 amide bonds. The van der Waals surface area contributed by atoms with Crippen LogP contribution in [-0.4, -0.2) is 70.7 Å². The van der Waals surface area contributed by atoms with Gasteiger partial charge in [-0.15, -0.1) is 0 Å². The van der Waals surface area contributed by atoms with Crippen LogP contribution in [-0.2, 0) is 18.9 Å². The van der Waals surface area contributed by atoms with Crippen LogP contribution in [0, 0.1) is 0 Å². The van der Waals surface area contributed by atoms with Gasteiger partial charge in [-0.3, -0.25) is 0 Å². The van der Waals surface area contributed by atoms with Crippen molar-refractivity contribution >= 4 is 18.4 Å². The van der Waals surface area contributed by atoms with Gasteiger partial charge in [0.2, 0.25) is 0 Å². The summed E-state index contributed by atoms with van der Waals surface area (Å²) in [5.74, 6) is 0. The normalized spacial score (nSPS) is 13.1. The molecule has 0 heterocycles. The zero-order valence-electron chi connectivity index (χ0n) is 21.4. The minimum atomic E-state index is -1.06. The molecule has 5 N–H and O–H groups in total. The van der Waals surface area contributed by atoms with E-state index in [1.807, 2.05) is 0 Å². The summed E-state index contributed by atoms with van der Waals surface area (Å²) < 4.78 is 18.8. The Morgan fingerprint density at radius 2 is 1.06 bits per heavy atom. The van der Waals surface area contributed by atoms with E-state index in [9.17, 15) is 14.4 Å². The van der Waals surface area contributed by atoms with Gasteiger partial charge < -0.3 is 40.2 Å². The van der Waals surface area contributed by atoms with Crippen molar-refractivity contribution in [2.24, 2.45) is 5.73 Å². The predicted octanol–water partition coefficient (Wildman–Crippen LogP) is 3.09. The van der Waals surface area contributed by atoms with E-state index >= 15 is 0 Å². The molecule has 0 rings (SSSR count). The highest BCUT2D eigenvalue weighted by molar-refractivity contribution is 5.77. The van der Waals surface area contributed by atoms with Gasteiger partial charge in [-0.2, -0.15) is 0 Å². The second-order valence-electron chi connectivity index (χ2n) is 9.92. The van der Waals surface area contributed by atoms with Gasteiger partial charge in [0.15, 0.2) is 0 Å². The third-order valence-electron chi connectivity index (χ3n) is 2.27. The van der Waals surface area contributed by atoms with Crippen LogP contribution in [0.15, 0.2) is 0 Å². The van der Waals surface area contributed by atoms with Crippen molar-refractivity contribution in [3.8, 4) is 0 Å². The SMILES string of the molecule is CC(C)(C)OC(=O)OC(=O)OC(C)(C)C.C[C@@H](CO)NC(=O)OC(C)(C)C.C[C@H](N)CO. The van der Waals surface area contributed by atoms with Gasteiger partial charge in [-0.1, -0.05) is 0 Å². The summed E-state index contributed by atoms with van der Waals surface area (Å²) in [6, 6.07) is -0.324. The van der Waals surface area contributed by atoms with Crippen molar-refractivity contribution in [1.82, 2.24) is 5.32 Å². The Morgan fingerprint density at radius 3 is 1.28 bits per heavy atom. The summed E-state index contributed by atoms with van der Waals surface area (Å²) in [6.45, 7) is 18.8. The molecule has 0 fully saturated rings. The Labute approximate surface area is 191 Å². The van der Waals surface area contributed by atoms with Gasteiger partial charge in [-0.05, 0) is 76.2 Å². The summed E-state index contributed by atoms with van der Waals surface area (Å²) in [4.78, 5) is 33.0. The number of alkyl carbamates (subject to hydrolysis) is 1. The van der Waals surface area contributed by atoms with Crippen molar-refractivity contribution in [2.45, 2.75) is 105 Å². The third-order valence-corrected chi connectivity index (χ3v) is 2.27. The molecule has 0 aliphatic carbocycles. The van der Waals surface area contributed by atoms with Gasteiger partial charge in [0, 0.05) is 6.04 Å². The molecule has 32 heavy (non-hydrogen) atoms. The number of aliphatic hydroxyl groups is 2. The first-order valence-electron chi connectivity index (χ1n) is 10.2. The Hall–Kier alpha value is -2.11. The lowest BCUT2D eigenvalue weighted by atomic mass is 10.2. The molecule has 0 radical (unpaired) electrons. The highest BCUT2D eigenvalue weighted by Crippen LogP contribution is 2.11. The summed E-state index contributed by atoms with van der Waals surface area (Å²) in [5.41, 5.74) is 3.16. The Kier molecular flexibility index (Phi) is 16.9. The van der Waals surface area contributed by atoms with Crippen molar-refractivity contribution in [3.63, 3.8) is 0 Å². The minimum absolute atomic E-state index is 0.0602. The molecule has 11 heteroatoms. The van der Waals surface area contributed by atoms with E-state index in [2.05, 4.69) is 10.1 Å². The van der Waals surface area contributed by atoms with Crippen LogP contribution < -0.4 is 11.1 Å². The minimum Gasteiger partial charge on any atom is -0.444 e. The molecular formula is C21H44N2O9. The molecule has 0 saturated carbocycles. The molecule has 0 bridgehead atoms. The number of hydrogen-bond donors (Lipinski definition) is 4. The third kappa shape index (κ3) is 32.6. The Morgan fingerprint density at radius 1 is 0.750 bits per heavy atom. The van der Waals surface area contributed by atoms with Crippen molar-refractivity contribution in [1.29, 1.82) is 0 Å². The summed E-state index contributed by atoms with van der Waals surface area (Å²) in [5, 5.41) is 19.1. The monoisotopic (exact) mass is 468 g/mol. The lowest BCUT2D eigenvalue weighted by molar-refractivity contribution is -0.0294. The maximum absolute atomic E-state index is 11.0.